The van der Waals surface area contributed by atoms with Crippen molar-refractivity contribution in [2.45, 2.75) is 26.3 Å². The monoisotopic (exact) mass is 304 g/mol. The molecule has 1 atom stereocenters. The summed E-state index contributed by atoms with van der Waals surface area (Å²) in [6.07, 6.45) is 2.59. The highest BCUT2D eigenvalue weighted by molar-refractivity contribution is 6.30. The molecule has 1 unspecified atom stereocenters. The van der Waals surface area contributed by atoms with Crippen LogP contribution in [0.15, 0.2) is 42.6 Å². The van der Waals surface area contributed by atoms with Crippen LogP contribution >= 0.6 is 11.6 Å². The van der Waals surface area contributed by atoms with E-state index in [-0.39, 0.29) is 6.04 Å². The normalized spacial score (nSPS) is 12.1. The third-order valence-corrected chi connectivity index (χ3v) is 3.53. The number of hydrogen-bond acceptors (Lipinski definition) is 3. The van der Waals surface area contributed by atoms with Gasteiger partial charge in [-0.05, 0) is 43.8 Å². The first-order chi connectivity index (χ1) is 10.2. The first kappa shape index (κ1) is 15.8. The number of aromatic nitrogens is 1. The molecule has 0 aliphatic heterocycles. The molecule has 4 heteroatoms. The number of hydrogen-bond donors (Lipinski definition) is 1. The second-order valence-corrected chi connectivity index (χ2v) is 5.32. The van der Waals surface area contributed by atoms with Gasteiger partial charge >= 0.3 is 0 Å². The molecule has 0 saturated carbocycles. The zero-order valence-electron chi connectivity index (χ0n) is 12.5. The van der Waals surface area contributed by atoms with Crippen molar-refractivity contribution in [1.82, 2.24) is 10.3 Å². The number of rotatable bonds is 7. The van der Waals surface area contributed by atoms with Gasteiger partial charge in [0.1, 0.15) is 5.75 Å². The SMILES string of the molecule is CCNC(C)c1cc(Cl)ccc1OCCc1ccccn1. The quantitative estimate of drug-likeness (QED) is 0.838. The van der Waals surface area contributed by atoms with Crippen molar-refractivity contribution in [3.63, 3.8) is 0 Å². The van der Waals surface area contributed by atoms with Crippen LogP contribution in [0, 0.1) is 0 Å². The third kappa shape index (κ3) is 4.73. The predicted molar refractivity (Wildman–Crippen MR) is 87.0 cm³/mol. The molecule has 2 aromatic rings. The van der Waals surface area contributed by atoms with Gasteiger partial charge in [0.15, 0.2) is 0 Å². The molecular weight excluding hydrogens is 284 g/mol. The number of nitrogens with zero attached hydrogens (tertiary/aromatic N) is 1. The van der Waals surface area contributed by atoms with E-state index in [0.717, 1.165) is 35.0 Å². The van der Waals surface area contributed by atoms with Crippen LogP contribution in [0.5, 0.6) is 5.75 Å². The minimum Gasteiger partial charge on any atom is -0.493 e. The van der Waals surface area contributed by atoms with E-state index >= 15 is 0 Å². The Morgan fingerprint density at radius 1 is 1.29 bits per heavy atom. The smallest absolute Gasteiger partial charge is 0.124 e. The minimum absolute atomic E-state index is 0.207. The summed E-state index contributed by atoms with van der Waals surface area (Å²) in [6.45, 7) is 5.70. The topological polar surface area (TPSA) is 34.1 Å². The lowest BCUT2D eigenvalue weighted by Crippen LogP contribution is -2.18. The maximum atomic E-state index is 6.10. The van der Waals surface area contributed by atoms with Crippen LogP contribution in [0.3, 0.4) is 0 Å². The first-order valence-electron chi connectivity index (χ1n) is 7.26. The lowest BCUT2D eigenvalue weighted by molar-refractivity contribution is 0.314. The molecule has 0 aliphatic carbocycles. The molecule has 1 N–H and O–H groups in total. The van der Waals surface area contributed by atoms with Gasteiger partial charge < -0.3 is 10.1 Å². The molecule has 0 saturated heterocycles. The van der Waals surface area contributed by atoms with E-state index in [2.05, 4.69) is 24.1 Å². The Kier molecular flexibility index (Phi) is 6.03. The van der Waals surface area contributed by atoms with Crippen molar-refractivity contribution in [2.24, 2.45) is 0 Å². The number of nitrogens with one attached hydrogen (secondary N) is 1. The van der Waals surface area contributed by atoms with E-state index in [4.69, 9.17) is 16.3 Å². The summed E-state index contributed by atoms with van der Waals surface area (Å²) in [6, 6.07) is 11.9. The van der Waals surface area contributed by atoms with Crippen molar-refractivity contribution in [3.8, 4) is 5.75 Å². The second kappa shape index (κ2) is 8.01. The van der Waals surface area contributed by atoms with Gasteiger partial charge in [-0.2, -0.15) is 0 Å². The van der Waals surface area contributed by atoms with Crippen molar-refractivity contribution >= 4 is 11.6 Å². The highest BCUT2D eigenvalue weighted by Gasteiger charge is 2.11. The van der Waals surface area contributed by atoms with Crippen LogP contribution in [-0.4, -0.2) is 18.1 Å². The average molecular weight is 305 g/mol. The fraction of sp³-hybridized carbons (Fsp3) is 0.353. The van der Waals surface area contributed by atoms with Crippen molar-refractivity contribution < 1.29 is 4.74 Å². The maximum absolute atomic E-state index is 6.10. The molecule has 0 spiro atoms. The Balaban J connectivity index is 2.02. The standard InChI is InChI=1S/C17H21ClN2O/c1-3-19-13(2)16-12-14(18)7-8-17(16)21-11-9-15-6-4-5-10-20-15/h4-8,10,12-13,19H,3,9,11H2,1-2H3. The highest BCUT2D eigenvalue weighted by atomic mass is 35.5. The Labute approximate surface area is 131 Å². The molecule has 1 aromatic carbocycles. The fourth-order valence-electron chi connectivity index (χ4n) is 2.22. The van der Waals surface area contributed by atoms with Gasteiger partial charge in [-0.3, -0.25) is 4.98 Å². The molecule has 0 fully saturated rings. The summed E-state index contributed by atoms with van der Waals surface area (Å²) in [5, 5.41) is 4.12. The van der Waals surface area contributed by atoms with Gasteiger partial charge in [0.05, 0.1) is 6.61 Å². The molecule has 1 aromatic heterocycles. The number of halogens is 1. The molecule has 0 aliphatic rings. The van der Waals surface area contributed by atoms with Crippen molar-refractivity contribution in [1.29, 1.82) is 0 Å². The summed E-state index contributed by atoms with van der Waals surface area (Å²) < 4.78 is 5.92. The largest absolute Gasteiger partial charge is 0.493 e. The van der Waals surface area contributed by atoms with E-state index in [9.17, 15) is 0 Å². The van der Waals surface area contributed by atoms with Gasteiger partial charge in [0.2, 0.25) is 0 Å². The van der Waals surface area contributed by atoms with Crippen LogP contribution in [0.4, 0.5) is 0 Å². The number of ether oxygens (including phenoxy) is 1. The van der Waals surface area contributed by atoms with E-state index < -0.39 is 0 Å². The molecule has 2 rings (SSSR count). The molecule has 1 heterocycles. The average Bonchev–Trinajstić information content (AvgIpc) is 2.50. The zero-order valence-corrected chi connectivity index (χ0v) is 13.2. The lowest BCUT2D eigenvalue weighted by Gasteiger charge is -2.18. The molecule has 0 amide bonds. The van der Waals surface area contributed by atoms with Gasteiger partial charge in [-0.25, -0.2) is 0 Å². The third-order valence-electron chi connectivity index (χ3n) is 3.29. The van der Waals surface area contributed by atoms with Gasteiger partial charge in [-0.1, -0.05) is 24.6 Å². The van der Waals surface area contributed by atoms with Crippen molar-refractivity contribution in [3.05, 3.63) is 58.9 Å². The summed E-state index contributed by atoms with van der Waals surface area (Å²) in [5.74, 6) is 0.879. The summed E-state index contributed by atoms with van der Waals surface area (Å²) in [5.41, 5.74) is 2.12. The Bertz CT molecular complexity index is 560. The van der Waals surface area contributed by atoms with Crippen LogP contribution in [0.2, 0.25) is 5.02 Å². The summed E-state index contributed by atoms with van der Waals surface area (Å²) in [7, 11) is 0. The van der Waals surface area contributed by atoms with Gasteiger partial charge in [0.25, 0.3) is 0 Å². The van der Waals surface area contributed by atoms with E-state index in [0.29, 0.717) is 6.61 Å². The second-order valence-electron chi connectivity index (χ2n) is 4.88. The molecule has 112 valence electrons. The van der Waals surface area contributed by atoms with Crippen LogP contribution in [0.25, 0.3) is 0 Å². The maximum Gasteiger partial charge on any atom is 0.124 e. The fourth-order valence-corrected chi connectivity index (χ4v) is 2.40. The van der Waals surface area contributed by atoms with E-state index in [1.807, 2.05) is 36.4 Å². The van der Waals surface area contributed by atoms with Gasteiger partial charge in [-0.15, -0.1) is 0 Å². The van der Waals surface area contributed by atoms with Crippen LogP contribution in [0.1, 0.15) is 31.1 Å². The van der Waals surface area contributed by atoms with Crippen LogP contribution in [-0.2, 0) is 6.42 Å². The van der Waals surface area contributed by atoms with E-state index in [1.54, 1.807) is 6.20 Å². The number of pyridine rings is 1. The molecule has 0 bridgehead atoms. The van der Waals surface area contributed by atoms with Crippen molar-refractivity contribution in [2.75, 3.05) is 13.2 Å². The Morgan fingerprint density at radius 2 is 2.14 bits per heavy atom. The summed E-state index contributed by atoms with van der Waals surface area (Å²) in [4.78, 5) is 4.30. The Morgan fingerprint density at radius 3 is 2.86 bits per heavy atom. The lowest BCUT2D eigenvalue weighted by atomic mass is 10.1. The summed E-state index contributed by atoms with van der Waals surface area (Å²) >= 11 is 6.10. The molecular formula is C17H21ClN2O. The first-order valence-corrected chi connectivity index (χ1v) is 7.64. The Hall–Kier alpha value is -1.58. The molecule has 0 radical (unpaired) electrons. The molecule has 21 heavy (non-hydrogen) atoms. The number of benzene rings is 1. The van der Waals surface area contributed by atoms with Gasteiger partial charge in [0, 0.05) is 34.9 Å². The van der Waals surface area contributed by atoms with Crippen LogP contribution < -0.4 is 10.1 Å². The molecule has 3 nitrogen and oxygen atoms in total. The highest BCUT2D eigenvalue weighted by Crippen LogP contribution is 2.28. The van der Waals surface area contributed by atoms with E-state index in [1.165, 1.54) is 0 Å². The zero-order chi connectivity index (χ0) is 15.1. The minimum atomic E-state index is 0.207. The predicted octanol–water partition coefficient (Wildman–Crippen LogP) is 4.03.